The van der Waals surface area contributed by atoms with Crippen LogP contribution in [0.3, 0.4) is 0 Å². The predicted molar refractivity (Wildman–Crippen MR) is 81.0 cm³/mol. The lowest BCUT2D eigenvalue weighted by atomic mass is 10.2. The normalized spacial score (nSPS) is 10.1. The summed E-state index contributed by atoms with van der Waals surface area (Å²) in [6, 6.07) is 11.7. The molecule has 0 bridgehead atoms. The smallest absolute Gasteiger partial charge is 0.270 e. The van der Waals surface area contributed by atoms with E-state index < -0.39 is 4.92 Å². The number of non-ortho nitro benzene ring substituents is 1. The van der Waals surface area contributed by atoms with Crippen LogP contribution in [0, 0.1) is 10.1 Å². The van der Waals surface area contributed by atoms with Gasteiger partial charge in [-0.2, -0.15) is 0 Å². The van der Waals surface area contributed by atoms with Crippen molar-refractivity contribution in [3.8, 4) is 5.75 Å². The average Bonchev–Trinajstić information content (AvgIpc) is 2.53. The molecule has 2 aromatic rings. The van der Waals surface area contributed by atoms with Gasteiger partial charge in [0.25, 0.3) is 5.69 Å². The number of hydrogen-bond donors (Lipinski definition) is 0. The minimum absolute atomic E-state index is 0.0442. The molecule has 2 aromatic carbocycles. The number of carbonyl (C=O) groups excluding carboxylic acids is 1. The lowest BCUT2D eigenvalue weighted by Crippen LogP contribution is -1.94. The van der Waals surface area contributed by atoms with Gasteiger partial charge >= 0.3 is 0 Å². The van der Waals surface area contributed by atoms with Gasteiger partial charge in [-0.1, -0.05) is 12.1 Å². The summed E-state index contributed by atoms with van der Waals surface area (Å²) < 4.78 is 5.22. The molecule has 6 heteroatoms. The van der Waals surface area contributed by atoms with Gasteiger partial charge in [0.2, 0.25) is 0 Å². The highest BCUT2D eigenvalue weighted by Gasteiger charge is 2.11. The molecule has 0 aliphatic carbocycles. The van der Waals surface area contributed by atoms with Gasteiger partial charge in [0.05, 0.1) is 12.0 Å². The Morgan fingerprint density at radius 3 is 2.52 bits per heavy atom. The zero-order valence-electron chi connectivity index (χ0n) is 11.3. The minimum Gasteiger partial charge on any atom is -0.496 e. The Bertz CT molecular complexity index is 655. The van der Waals surface area contributed by atoms with E-state index in [2.05, 4.69) is 0 Å². The lowest BCUT2D eigenvalue weighted by molar-refractivity contribution is -0.384. The maximum Gasteiger partial charge on any atom is 0.270 e. The molecule has 0 fully saturated rings. The largest absolute Gasteiger partial charge is 0.496 e. The fourth-order valence-electron chi connectivity index (χ4n) is 1.80. The molecule has 0 aliphatic heterocycles. The van der Waals surface area contributed by atoms with E-state index in [0.29, 0.717) is 17.1 Å². The molecule has 0 aromatic heterocycles. The second kappa shape index (κ2) is 6.90. The number of rotatable bonds is 6. The number of nitro benzene ring substituents is 1. The summed E-state index contributed by atoms with van der Waals surface area (Å²) >= 11 is 1.52. The van der Waals surface area contributed by atoms with Crippen molar-refractivity contribution in [3.05, 3.63) is 63.7 Å². The van der Waals surface area contributed by atoms with E-state index in [4.69, 9.17) is 4.74 Å². The van der Waals surface area contributed by atoms with Crippen LogP contribution in [0.1, 0.15) is 15.9 Å². The summed E-state index contributed by atoms with van der Waals surface area (Å²) in [6.07, 6.45) is 0.790. The summed E-state index contributed by atoms with van der Waals surface area (Å²) in [4.78, 5) is 22.0. The molecule has 2 rings (SSSR count). The van der Waals surface area contributed by atoms with Crippen LogP contribution in [-0.2, 0) is 5.75 Å². The minimum atomic E-state index is -0.424. The first kappa shape index (κ1) is 15.1. The van der Waals surface area contributed by atoms with Gasteiger partial charge in [-0.3, -0.25) is 14.9 Å². The van der Waals surface area contributed by atoms with Crippen LogP contribution in [0.4, 0.5) is 5.69 Å². The summed E-state index contributed by atoms with van der Waals surface area (Å²) in [5.74, 6) is 1.17. The van der Waals surface area contributed by atoms with Gasteiger partial charge in [-0.05, 0) is 18.2 Å². The van der Waals surface area contributed by atoms with Gasteiger partial charge in [0.1, 0.15) is 12.0 Å². The van der Waals surface area contributed by atoms with E-state index in [1.54, 1.807) is 18.2 Å². The van der Waals surface area contributed by atoms with Gasteiger partial charge < -0.3 is 4.74 Å². The fraction of sp³-hybridized carbons (Fsp3) is 0.133. The van der Waals surface area contributed by atoms with Crippen LogP contribution in [0.2, 0.25) is 0 Å². The third kappa shape index (κ3) is 3.82. The van der Waals surface area contributed by atoms with Crippen molar-refractivity contribution in [2.24, 2.45) is 0 Å². The number of thioether (sulfide) groups is 1. The number of nitro groups is 1. The summed E-state index contributed by atoms with van der Waals surface area (Å²) in [7, 11) is 1.54. The van der Waals surface area contributed by atoms with Crippen LogP contribution in [0.5, 0.6) is 5.75 Å². The lowest BCUT2D eigenvalue weighted by Gasteiger charge is -2.08. The SMILES string of the molecule is COc1ccc([N+](=O)[O-])cc1CSc1ccc(C=O)cc1. The number of ether oxygens (including phenoxy) is 1. The molecule has 0 heterocycles. The maximum absolute atomic E-state index is 10.8. The highest BCUT2D eigenvalue weighted by molar-refractivity contribution is 7.98. The van der Waals surface area contributed by atoms with Crippen molar-refractivity contribution in [1.82, 2.24) is 0 Å². The Kier molecular flexibility index (Phi) is 4.94. The van der Waals surface area contributed by atoms with E-state index in [9.17, 15) is 14.9 Å². The molecule has 0 atom stereocenters. The summed E-state index contributed by atoms with van der Waals surface area (Å²) in [5, 5.41) is 10.8. The zero-order chi connectivity index (χ0) is 15.2. The van der Waals surface area contributed by atoms with E-state index in [0.717, 1.165) is 16.7 Å². The van der Waals surface area contributed by atoms with Gasteiger partial charge in [0, 0.05) is 33.9 Å². The van der Waals surface area contributed by atoms with E-state index in [1.165, 1.54) is 31.0 Å². The quantitative estimate of drug-likeness (QED) is 0.352. The van der Waals surface area contributed by atoms with Gasteiger partial charge in [-0.15, -0.1) is 11.8 Å². The molecule has 108 valence electrons. The maximum atomic E-state index is 10.8. The third-order valence-corrected chi connectivity index (χ3v) is 3.95. The molecule has 21 heavy (non-hydrogen) atoms. The number of hydrogen-bond acceptors (Lipinski definition) is 5. The zero-order valence-corrected chi connectivity index (χ0v) is 12.1. The molecule has 0 amide bonds. The van der Waals surface area contributed by atoms with E-state index >= 15 is 0 Å². The molecule has 0 N–H and O–H groups in total. The Hall–Kier alpha value is -2.34. The van der Waals surface area contributed by atoms with E-state index in [-0.39, 0.29) is 5.69 Å². The Balaban J connectivity index is 2.15. The van der Waals surface area contributed by atoms with Crippen molar-refractivity contribution in [3.63, 3.8) is 0 Å². The summed E-state index contributed by atoms with van der Waals surface area (Å²) in [5.41, 5.74) is 1.42. The average molecular weight is 303 g/mol. The molecule has 5 nitrogen and oxygen atoms in total. The number of carbonyl (C=O) groups is 1. The third-order valence-electron chi connectivity index (χ3n) is 2.89. The second-order valence-electron chi connectivity index (χ2n) is 4.23. The van der Waals surface area contributed by atoms with Crippen LogP contribution >= 0.6 is 11.8 Å². The van der Waals surface area contributed by atoms with Crippen molar-refractivity contribution in [2.45, 2.75) is 10.6 Å². The van der Waals surface area contributed by atoms with Gasteiger partial charge in [0.15, 0.2) is 0 Å². The number of nitrogens with zero attached hydrogens (tertiary/aromatic N) is 1. The predicted octanol–water partition coefficient (Wildman–Crippen LogP) is 3.71. The molecule has 0 radical (unpaired) electrons. The standard InChI is InChI=1S/C15H13NO4S/c1-20-15-7-4-13(16(18)19)8-12(15)10-21-14-5-2-11(9-17)3-6-14/h2-9H,10H2,1H3. The van der Waals surface area contributed by atoms with Crippen LogP contribution in [-0.4, -0.2) is 18.3 Å². The first-order valence-electron chi connectivity index (χ1n) is 6.13. The van der Waals surface area contributed by atoms with Crippen molar-refractivity contribution in [2.75, 3.05) is 7.11 Å². The highest BCUT2D eigenvalue weighted by Crippen LogP contribution is 2.30. The first-order chi connectivity index (χ1) is 10.1. The molecule has 0 saturated heterocycles. The van der Waals surface area contributed by atoms with Crippen molar-refractivity contribution < 1.29 is 14.5 Å². The second-order valence-corrected chi connectivity index (χ2v) is 5.28. The Morgan fingerprint density at radius 2 is 1.95 bits per heavy atom. The molecule has 0 unspecified atom stereocenters. The highest BCUT2D eigenvalue weighted by atomic mass is 32.2. The Morgan fingerprint density at radius 1 is 1.24 bits per heavy atom. The number of aldehydes is 1. The molecule has 0 saturated carbocycles. The summed E-state index contributed by atoms with van der Waals surface area (Å²) in [6.45, 7) is 0. The Labute approximate surface area is 126 Å². The topological polar surface area (TPSA) is 69.4 Å². The first-order valence-corrected chi connectivity index (χ1v) is 7.12. The van der Waals surface area contributed by atoms with Crippen molar-refractivity contribution >= 4 is 23.7 Å². The number of benzene rings is 2. The van der Waals surface area contributed by atoms with Crippen molar-refractivity contribution in [1.29, 1.82) is 0 Å². The monoisotopic (exact) mass is 303 g/mol. The fourth-order valence-corrected chi connectivity index (χ4v) is 2.67. The van der Waals surface area contributed by atoms with E-state index in [1.807, 2.05) is 12.1 Å². The van der Waals surface area contributed by atoms with Crippen LogP contribution in [0.15, 0.2) is 47.4 Å². The van der Waals surface area contributed by atoms with Crippen LogP contribution in [0.25, 0.3) is 0 Å². The molecular weight excluding hydrogens is 290 g/mol. The molecule has 0 aliphatic rings. The molecular formula is C15H13NO4S. The van der Waals surface area contributed by atoms with Crippen LogP contribution < -0.4 is 4.74 Å². The number of methoxy groups -OCH3 is 1. The molecule has 0 spiro atoms. The van der Waals surface area contributed by atoms with Gasteiger partial charge in [-0.25, -0.2) is 0 Å².